The van der Waals surface area contributed by atoms with Crippen molar-refractivity contribution in [3.8, 4) is 11.3 Å². The Morgan fingerprint density at radius 2 is 1.75 bits per heavy atom. The number of fused-ring (bicyclic) bond motifs is 3. The van der Waals surface area contributed by atoms with Crippen LogP contribution in [0.4, 0.5) is 0 Å². The van der Waals surface area contributed by atoms with E-state index in [1.165, 1.54) is 0 Å². The van der Waals surface area contributed by atoms with Crippen LogP contribution in [0.3, 0.4) is 0 Å². The number of aromatic nitrogens is 2. The van der Waals surface area contributed by atoms with Crippen LogP contribution in [-0.2, 0) is 0 Å². The molecule has 5 nitrogen and oxygen atoms in total. The fourth-order valence-electron chi connectivity index (χ4n) is 3.11. The van der Waals surface area contributed by atoms with E-state index in [9.17, 15) is 4.79 Å². The van der Waals surface area contributed by atoms with Gasteiger partial charge in [0.15, 0.2) is 6.29 Å². The minimum Gasteiger partial charge on any atom is -0.353 e. The van der Waals surface area contributed by atoms with Crippen molar-refractivity contribution in [3.05, 3.63) is 64.3 Å². The van der Waals surface area contributed by atoms with Gasteiger partial charge in [-0.2, -0.15) is 0 Å². The van der Waals surface area contributed by atoms with Gasteiger partial charge in [0.25, 0.3) is 0 Å². The van der Waals surface area contributed by atoms with E-state index >= 15 is 0 Å². The largest absolute Gasteiger partial charge is 0.353 e. The molecule has 0 aliphatic heterocycles. The number of H-pyrrole nitrogens is 1. The molecule has 2 N–H and O–H groups in total. The van der Waals surface area contributed by atoms with Gasteiger partial charge in [-0.3, -0.25) is 4.79 Å². The summed E-state index contributed by atoms with van der Waals surface area (Å²) in [6.45, 7) is 6.20. The number of aldehydes is 1. The van der Waals surface area contributed by atoms with Crippen LogP contribution in [0.2, 0.25) is 10.0 Å². The number of pyridine rings is 1. The van der Waals surface area contributed by atoms with Gasteiger partial charge in [-0.1, -0.05) is 61.3 Å². The molecule has 0 aliphatic rings. The maximum absolute atomic E-state index is 11.3. The van der Waals surface area contributed by atoms with Gasteiger partial charge in [-0.15, -0.1) is 0 Å². The molecule has 0 fully saturated rings. The molecule has 0 aliphatic carbocycles. The highest BCUT2D eigenvalue weighted by Gasteiger charge is 2.14. The minimum absolute atomic E-state index is 0.378. The van der Waals surface area contributed by atoms with E-state index in [2.05, 4.69) is 34.3 Å². The number of likely N-dealkylation sites (N-methyl/N-ethyl adjacent to an activating group) is 2. The number of aromatic amines is 1. The number of hydrogen-bond donors (Lipinski definition) is 2. The first-order valence-electron chi connectivity index (χ1n) is 10.6. The van der Waals surface area contributed by atoms with Gasteiger partial charge in [0.2, 0.25) is 0 Å². The topological polar surface area (TPSA) is 61.0 Å². The average molecular weight is 473 g/mol. The van der Waals surface area contributed by atoms with Crippen LogP contribution in [0, 0.1) is 0 Å². The summed E-state index contributed by atoms with van der Waals surface area (Å²) in [6.07, 6.45) is 0.752. The van der Waals surface area contributed by atoms with E-state index in [1.807, 2.05) is 51.2 Å². The van der Waals surface area contributed by atoms with Crippen LogP contribution in [0.25, 0.3) is 33.1 Å². The zero-order chi connectivity index (χ0) is 23.7. The quantitative estimate of drug-likeness (QED) is 0.334. The van der Waals surface area contributed by atoms with Crippen molar-refractivity contribution in [2.75, 3.05) is 34.2 Å². The lowest BCUT2D eigenvalue weighted by Gasteiger charge is -2.06. The second-order valence-electron chi connectivity index (χ2n) is 7.14. The SMILES string of the molecule is CC.CNCCN(C)C.O=Cc1cc2c([nH]c3ccccc32)c(-c2ccc(Cl)c(Cl)c2)n1. The molecule has 0 bridgehead atoms. The summed E-state index contributed by atoms with van der Waals surface area (Å²) in [5.74, 6) is 0. The van der Waals surface area contributed by atoms with Gasteiger partial charge in [-0.25, -0.2) is 4.98 Å². The Morgan fingerprint density at radius 3 is 2.34 bits per heavy atom. The summed E-state index contributed by atoms with van der Waals surface area (Å²) in [5.41, 5.74) is 3.73. The molecule has 0 spiro atoms. The molecule has 0 saturated carbocycles. The first-order valence-corrected chi connectivity index (χ1v) is 11.3. The molecule has 4 rings (SSSR count). The minimum atomic E-state index is 0.378. The third-order valence-corrected chi connectivity index (χ3v) is 5.38. The standard InChI is InChI=1S/C18H10Cl2N2O.C5H14N2.C2H6/c19-14-6-5-10(7-15(14)20)17-18-13(8-11(9-23)21-17)12-3-1-2-4-16(12)22-18;1-6-4-5-7(2)3;1-2/h1-9,22H;6H,4-5H2,1-3H3;1-2H3. The molecule has 0 unspecified atom stereocenters. The van der Waals surface area contributed by atoms with E-state index in [-0.39, 0.29) is 0 Å². The van der Waals surface area contributed by atoms with Gasteiger partial charge in [0.05, 0.1) is 21.3 Å². The predicted molar refractivity (Wildman–Crippen MR) is 138 cm³/mol. The number of nitrogens with zero attached hydrogens (tertiary/aromatic N) is 2. The zero-order valence-corrected chi connectivity index (χ0v) is 20.7. The van der Waals surface area contributed by atoms with Gasteiger partial charge in [0.1, 0.15) is 5.69 Å². The lowest BCUT2D eigenvalue weighted by Crippen LogP contribution is -2.23. The molecule has 0 amide bonds. The molecule has 2 heterocycles. The molecule has 32 heavy (non-hydrogen) atoms. The van der Waals surface area contributed by atoms with Crippen LogP contribution in [0.1, 0.15) is 24.3 Å². The van der Waals surface area contributed by atoms with Crippen molar-refractivity contribution in [1.29, 1.82) is 0 Å². The fraction of sp³-hybridized carbons (Fsp3) is 0.280. The van der Waals surface area contributed by atoms with E-state index in [1.54, 1.807) is 18.2 Å². The van der Waals surface area contributed by atoms with Crippen LogP contribution in [0.5, 0.6) is 0 Å². The molecular weight excluding hydrogens is 443 g/mol. The average Bonchev–Trinajstić information content (AvgIpc) is 3.19. The molecule has 4 aromatic rings. The number of benzene rings is 2. The number of halogens is 2. The second-order valence-corrected chi connectivity index (χ2v) is 7.96. The molecule has 0 radical (unpaired) electrons. The van der Waals surface area contributed by atoms with Crippen LogP contribution in [0.15, 0.2) is 48.5 Å². The van der Waals surface area contributed by atoms with E-state index in [0.717, 1.165) is 46.7 Å². The smallest absolute Gasteiger partial charge is 0.168 e. The van der Waals surface area contributed by atoms with Crippen molar-refractivity contribution in [2.24, 2.45) is 0 Å². The second kappa shape index (κ2) is 12.6. The van der Waals surface area contributed by atoms with Crippen molar-refractivity contribution in [1.82, 2.24) is 20.2 Å². The summed E-state index contributed by atoms with van der Waals surface area (Å²) in [4.78, 5) is 21.3. The number of rotatable bonds is 5. The van der Waals surface area contributed by atoms with E-state index in [0.29, 0.717) is 21.4 Å². The van der Waals surface area contributed by atoms with Gasteiger partial charge >= 0.3 is 0 Å². The first kappa shape index (κ1) is 25.8. The maximum atomic E-state index is 11.3. The third kappa shape index (κ3) is 6.30. The van der Waals surface area contributed by atoms with Crippen LogP contribution >= 0.6 is 23.2 Å². The number of carbonyl (C=O) groups is 1. The monoisotopic (exact) mass is 472 g/mol. The van der Waals surface area contributed by atoms with Crippen molar-refractivity contribution in [2.45, 2.75) is 13.8 Å². The maximum Gasteiger partial charge on any atom is 0.168 e. The Morgan fingerprint density at radius 1 is 1.03 bits per heavy atom. The Balaban J connectivity index is 0.000000348. The van der Waals surface area contributed by atoms with Gasteiger partial charge in [0, 0.05) is 34.9 Å². The Bertz CT molecular complexity index is 1170. The molecule has 0 saturated heterocycles. The summed E-state index contributed by atoms with van der Waals surface area (Å²) < 4.78 is 0. The molecule has 0 atom stereocenters. The van der Waals surface area contributed by atoms with E-state index < -0.39 is 0 Å². The van der Waals surface area contributed by atoms with Crippen molar-refractivity contribution < 1.29 is 4.79 Å². The lowest BCUT2D eigenvalue weighted by molar-refractivity contribution is 0.111. The van der Waals surface area contributed by atoms with E-state index in [4.69, 9.17) is 23.2 Å². The first-order chi connectivity index (χ1) is 15.4. The van der Waals surface area contributed by atoms with Crippen LogP contribution < -0.4 is 5.32 Å². The summed E-state index contributed by atoms with van der Waals surface area (Å²) in [5, 5.41) is 6.00. The molecule has 2 aromatic carbocycles. The van der Waals surface area contributed by atoms with Crippen LogP contribution in [-0.4, -0.2) is 55.4 Å². The number of carbonyl (C=O) groups excluding carboxylic acids is 1. The summed E-state index contributed by atoms with van der Waals surface area (Å²) in [6, 6.07) is 15.1. The van der Waals surface area contributed by atoms with Crippen molar-refractivity contribution in [3.63, 3.8) is 0 Å². The highest BCUT2D eigenvalue weighted by Crippen LogP contribution is 2.34. The van der Waals surface area contributed by atoms with Gasteiger partial charge in [-0.05, 0) is 45.4 Å². The van der Waals surface area contributed by atoms with Gasteiger partial charge < -0.3 is 15.2 Å². The molecule has 170 valence electrons. The molecular formula is C25H30Cl2N4O. The highest BCUT2D eigenvalue weighted by molar-refractivity contribution is 6.42. The predicted octanol–water partition coefficient (Wildman–Crippen LogP) is 6.30. The number of hydrogen-bond acceptors (Lipinski definition) is 4. The van der Waals surface area contributed by atoms with Crippen molar-refractivity contribution >= 4 is 51.3 Å². The number of para-hydroxylation sites is 1. The lowest BCUT2D eigenvalue weighted by atomic mass is 10.1. The molecule has 7 heteroatoms. The Kier molecular flexibility index (Phi) is 10.1. The number of nitrogens with one attached hydrogen (secondary N) is 2. The third-order valence-electron chi connectivity index (χ3n) is 4.64. The zero-order valence-electron chi connectivity index (χ0n) is 19.2. The fourth-order valence-corrected chi connectivity index (χ4v) is 3.41. The summed E-state index contributed by atoms with van der Waals surface area (Å²) >= 11 is 12.1. The Labute approximate surface area is 199 Å². The normalized spacial score (nSPS) is 10.5. The Hall–Kier alpha value is -2.44. The highest BCUT2D eigenvalue weighted by atomic mass is 35.5. The molecule has 2 aromatic heterocycles. The summed E-state index contributed by atoms with van der Waals surface area (Å²) in [7, 11) is 6.10.